The molecule has 2 aliphatic heterocycles. The molecule has 5 aromatic rings. The normalized spacial score (nSPS) is 25.0. The van der Waals surface area contributed by atoms with Crippen LogP contribution in [0.15, 0.2) is 60.8 Å². The Balaban J connectivity index is 0.865. The van der Waals surface area contributed by atoms with E-state index >= 15 is 0 Å². The summed E-state index contributed by atoms with van der Waals surface area (Å²) in [6.07, 6.45) is 13.8. The molecule has 14 heteroatoms. The van der Waals surface area contributed by atoms with E-state index < -0.39 is 24.3 Å². The van der Waals surface area contributed by atoms with Gasteiger partial charge in [-0.2, -0.15) is 0 Å². The van der Waals surface area contributed by atoms with Crippen molar-refractivity contribution in [3.8, 4) is 33.5 Å². The van der Waals surface area contributed by atoms with Crippen molar-refractivity contribution in [2.75, 3.05) is 14.2 Å². The van der Waals surface area contributed by atoms with Crippen LogP contribution in [0.4, 0.5) is 9.59 Å². The third kappa shape index (κ3) is 7.85. The number of hydrogen-bond acceptors (Lipinski definition) is 8. The number of methoxy groups -OCH3 is 2. The maximum Gasteiger partial charge on any atom is 0.407 e. The minimum atomic E-state index is -0.683. The fourth-order valence-corrected chi connectivity index (χ4v) is 13.8. The topological polar surface area (TPSA) is 175 Å². The van der Waals surface area contributed by atoms with Crippen molar-refractivity contribution >= 4 is 35.0 Å². The quantitative estimate of drug-likeness (QED) is 0.101. The molecular formula is C55H66N8O6. The van der Waals surface area contributed by atoms with Gasteiger partial charge in [0, 0.05) is 12.1 Å². The smallest absolute Gasteiger partial charge is 0.407 e. The molecule has 1 spiro atoms. The van der Waals surface area contributed by atoms with Gasteiger partial charge in [-0.1, -0.05) is 83.0 Å². The number of alkyl carbamates (subject to hydrolysis) is 2. The monoisotopic (exact) mass is 935 g/mol. The molecule has 69 heavy (non-hydrogen) atoms. The number of carbonyl (C=O) groups is 4. The van der Waals surface area contributed by atoms with Gasteiger partial charge in [0.1, 0.15) is 23.7 Å². The first-order chi connectivity index (χ1) is 33.3. The number of amides is 4. The summed E-state index contributed by atoms with van der Waals surface area (Å²) in [7, 11) is 2.65. The van der Waals surface area contributed by atoms with Crippen molar-refractivity contribution in [2.24, 2.45) is 29.1 Å². The average molecular weight is 935 g/mol. The lowest BCUT2D eigenvalue weighted by molar-refractivity contribution is -0.140. The van der Waals surface area contributed by atoms with Gasteiger partial charge in [0.2, 0.25) is 11.8 Å². The number of rotatable bonds is 11. The number of piperidine rings is 2. The molecule has 11 rings (SSSR count). The molecule has 4 bridgehead atoms. The van der Waals surface area contributed by atoms with Gasteiger partial charge in [-0.15, -0.1) is 0 Å². The Hall–Kier alpha value is -6.18. The van der Waals surface area contributed by atoms with E-state index in [1.54, 1.807) is 0 Å². The van der Waals surface area contributed by atoms with Crippen molar-refractivity contribution in [2.45, 2.75) is 141 Å². The Morgan fingerprint density at radius 1 is 0.667 bits per heavy atom. The van der Waals surface area contributed by atoms with Gasteiger partial charge < -0.3 is 39.9 Å². The molecule has 2 saturated heterocycles. The number of aromatic nitrogens is 4. The summed E-state index contributed by atoms with van der Waals surface area (Å²) in [6, 6.07) is 18.6. The molecule has 6 aliphatic rings. The highest BCUT2D eigenvalue weighted by Crippen LogP contribution is 2.54. The summed E-state index contributed by atoms with van der Waals surface area (Å²) in [6.45, 7) is 7.80. The van der Waals surface area contributed by atoms with Crippen molar-refractivity contribution in [1.29, 1.82) is 0 Å². The molecule has 2 aromatic heterocycles. The standard InChI is InChI=1S/C55H66N8O6/c1-29(2)45(60-53(66)68-5)51(64)62-36-16-13-34(23-36)47(62)49-56-28-44(59-49)32-11-9-31(10-12-32)38-18-19-39(41-27-55(26-40(38)41)21-7-8-22-55)33-15-20-42-43(25-33)58-50(57-42)48-35-14-17-37(24-35)63(48)52(65)46(30(3)4)61-54(67)69-6/h9-12,15,18-20,25,28-30,34-37,45-48H,7-8,13-14,16-17,21-24,26-27H2,1-6H3,(H,56,59)(H,57,58)(H,60,66)(H,61,67)/t34?,35?,36?,37?,45-,46-,47-,48-/m0/s1. The summed E-state index contributed by atoms with van der Waals surface area (Å²) in [5, 5.41) is 5.60. The molecule has 4 heterocycles. The van der Waals surface area contributed by atoms with E-state index in [-0.39, 0.29) is 47.8 Å². The predicted octanol–water partition coefficient (Wildman–Crippen LogP) is 9.81. The van der Waals surface area contributed by atoms with Crippen LogP contribution in [0.5, 0.6) is 0 Å². The van der Waals surface area contributed by atoms with E-state index in [2.05, 4.69) is 75.2 Å². The number of imidazole rings is 2. The number of benzene rings is 3. The molecule has 4 N–H and O–H groups in total. The molecule has 0 radical (unpaired) electrons. The summed E-state index contributed by atoms with van der Waals surface area (Å²) < 4.78 is 9.77. The zero-order valence-corrected chi connectivity index (χ0v) is 40.8. The Morgan fingerprint density at radius 3 is 1.74 bits per heavy atom. The summed E-state index contributed by atoms with van der Waals surface area (Å²) in [5.41, 5.74) is 11.9. The third-order valence-electron chi connectivity index (χ3n) is 17.1. The summed E-state index contributed by atoms with van der Waals surface area (Å²) in [4.78, 5) is 74.3. The number of H-pyrrole nitrogens is 2. The predicted molar refractivity (Wildman–Crippen MR) is 263 cm³/mol. The highest BCUT2D eigenvalue weighted by molar-refractivity contribution is 5.89. The van der Waals surface area contributed by atoms with Crippen LogP contribution in [0, 0.1) is 29.1 Å². The number of carbonyl (C=O) groups excluding carboxylic acids is 4. The summed E-state index contributed by atoms with van der Waals surface area (Å²) in [5.74, 6) is 1.88. The van der Waals surface area contributed by atoms with E-state index in [1.807, 2.05) is 43.7 Å². The van der Waals surface area contributed by atoms with Gasteiger partial charge in [-0.25, -0.2) is 19.6 Å². The van der Waals surface area contributed by atoms with Gasteiger partial charge in [-0.05, 0) is 144 Å². The molecule has 4 amide bonds. The zero-order chi connectivity index (χ0) is 47.9. The molecule has 14 nitrogen and oxygen atoms in total. The van der Waals surface area contributed by atoms with E-state index in [0.29, 0.717) is 17.3 Å². The van der Waals surface area contributed by atoms with Crippen LogP contribution in [0.1, 0.15) is 127 Å². The number of ether oxygens (including phenoxy) is 2. The highest BCUT2D eigenvalue weighted by atomic mass is 16.5. The molecule has 4 aliphatic carbocycles. The van der Waals surface area contributed by atoms with Gasteiger partial charge >= 0.3 is 12.2 Å². The Bertz CT molecular complexity index is 2810. The molecular weight excluding hydrogens is 869 g/mol. The number of hydrogen-bond donors (Lipinski definition) is 4. The molecule has 362 valence electrons. The minimum absolute atomic E-state index is 0.0735. The Morgan fingerprint density at radius 2 is 1.19 bits per heavy atom. The summed E-state index contributed by atoms with van der Waals surface area (Å²) >= 11 is 0. The van der Waals surface area contributed by atoms with E-state index in [9.17, 15) is 19.2 Å². The lowest BCUT2D eigenvalue weighted by atomic mass is 9.82. The van der Waals surface area contributed by atoms with E-state index in [4.69, 9.17) is 19.4 Å². The third-order valence-corrected chi connectivity index (χ3v) is 17.1. The first-order valence-corrected chi connectivity index (χ1v) is 25.5. The first-order valence-electron chi connectivity index (χ1n) is 25.5. The average Bonchev–Trinajstić information content (AvgIpc) is 4.22. The van der Waals surface area contributed by atoms with Crippen molar-refractivity contribution in [3.05, 3.63) is 83.6 Å². The lowest BCUT2D eigenvalue weighted by Crippen LogP contribution is -2.54. The Labute approximate surface area is 404 Å². The Kier molecular flexibility index (Phi) is 11.6. The molecule has 3 saturated carbocycles. The number of nitrogens with zero attached hydrogens (tertiary/aromatic N) is 4. The van der Waals surface area contributed by atoms with Gasteiger partial charge in [0.15, 0.2) is 0 Å². The van der Waals surface area contributed by atoms with Gasteiger partial charge in [0.05, 0.1) is 49.2 Å². The van der Waals surface area contributed by atoms with Crippen molar-refractivity contribution < 1.29 is 28.7 Å². The second-order valence-electron chi connectivity index (χ2n) is 21.8. The lowest BCUT2D eigenvalue weighted by Gasteiger charge is -2.37. The first kappa shape index (κ1) is 45.3. The fourth-order valence-electron chi connectivity index (χ4n) is 13.8. The van der Waals surface area contributed by atoms with Crippen LogP contribution in [0.3, 0.4) is 0 Å². The number of likely N-dealkylation sites (tertiary alicyclic amines) is 2. The number of aromatic amines is 2. The maximum atomic E-state index is 14.2. The number of fused-ring (bicyclic) bond motifs is 6. The minimum Gasteiger partial charge on any atom is -0.453 e. The van der Waals surface area contributed by atoms with Crippen LogP contribution < -0.4 is 10.6 Å². The maximum absolute atomic E-state index is 14.2. The second kappa shape index (κ2) is 17.7. The van der Waals surface area contributed by atoms with Gasteiger partial charge in [0.25, 0.3) is 0 Å². The van der Waals surface area contributed by atoms with Crippen LogP contribution in [0.2, 0.25) is 0 Å². The van der Waals surface area contributed by atoms with Crippen molar-refractivity contribution in [1.82, 2.24) is 40.4 Å². The van der Waals surface area contributed by atoms with Crippen LogP contribution in [-0.2, 0) is 31.9 Å². The van der Waals surface area contributed by atoms with E-state index in [0.717, 1.165) is 85.3 Å². The molecule has 8 atom stereocenters. The van der Waals surface area contributed by atoms with Crippen LogP contribution >= 0.6 is 0 Å². The molecule has 4 unspecified atom stereocenters. The molecule has 3 aromatic carbocycles. The zero-order valence-electron chi connectivity index (χ0n) is 40.8. The van der Waals surface area contributed by atoms with Crippen LogP contribution in [-0.4, -0.2) is 92.1 Å². The molecule has 5 fully saturated rings. The fraction of sp³-hybridized carbons (Fsp3) is 0.527. The van der Waals surface area contributed by atoms with Gasteiger partial charge in [-0.3, -0.25) is 9.59 Å². The SMILES string of the molecule is COC(=O)N[C@H](C(=O)N1C2CCC(C2)[C@H]1c1ncc(-c2ccc(-c3ccc(-c4ccc5nc([C@@H]6C7CCC(C7)N6C(=O)[C@@H](NC(=O)OC)C(C)C)[nH]c5c4)c4c3CC3(CCCC3)C4)cc2)[nH]1)C(C)C. The van der Waals surface area contributed by atoms with E-state index in [1.165, 1.54) is 73.3 Å². The largest absolute Gasteiger partial charge is 0.453 e. The second-order valence-corrected chi connectivity index (χ2v) is 21.8. The van der Waals surface area contributed by atoms with Crippen LogP contribution in [0.25, 0.3) is 44.5 Å². The number of nitrogens with one attached hydrogen (secondary N) is 4. The van der Waals surface area contributed by atoms with Crippen molar-refractivity contribution in [3.63, 3.8) is 0 Å². The highest BCUT2D eigenvalue weighted by Gasteiger charge is 2.53.